The SMILES string of the molecule is COCc1nn(-c2ccc(F)cc2)c2n[nH]c(N)c12. The molecule has 0 bridgehead atoms. The number of anilines is 1. The van der Waals surface area contributed by atoms with Crippen LogP contribution in [-0.4, -0.2) is 27.1 Å². The van der Waals surface area contributed by atoms with E-state index in [1.807, 2.05) is 0 Å². The van der Waals surface area contributed by atoms with Crippen molar-refractivity contribution in [1.29, 1.82) is 0 Å². The smallest absolute Gasteiger partial charge is 0.186 e. The molecule has 6 nitrogen and oxygen atoms in total. The number of benzene rings is 1. The summed E-state index contributed by atoms with van der Waals surface area (Å²) >= 11 is 0. The molecule has 0 unspecified atom stereocenters. The number of aromatic nitrogens is 4. The van der Waals surface area contributed by atoms with Crippen molar-refractivity contribution in [2.24, 2.45) is 0 Å². The van der Waals surface area contributed by atoms with Crippen molar-refractivity contribution in [3.63, 3.8) is 0 Å². The van der Waals surface area contributed by atoms with Gasteiger partial charge >= 0.3 is 0 Å². The summed E-state index contributed by atoms with van der Waals surface area (Å²) < 4.78 is 19.7. The van der Waals surface area contributed by atoms with E-state index in [1.54, 1.807) is 23.9 Å². The fourth-order valence-corrected chi connectivity index (χ4v) is 2.00. The van der Waals surface area contributed by atoms with Crippen LogP contribution in [0.2, 0.25) is 0 Å². The lowest BCUT2D eigenvalue weighted by molar-refractivity contribution is 0.182. The topological polar surface area (TPSA) is 81.8 Å². The lowest BCUT2D eigenvalue weighted by atomic mass is 10.3. The Labute approximate surface area is 108 Å². The Hall–Kier alpha value is -2.41. The molecule has 3 rings (SSSR count). The van der Waals surface area contributed by atoms with Gasteiger partial charge in [0.1, 0.15) is 17.3 Å². The number of nitrogens with two attached hydrogens (primary N) is 1. The van der Waals surface area contributed by atoms with Crippen LogP contribution in [0.15, 0.2) is 24.3 Å². The first-order chi connectivity index (χ1) is 9.20. The molecule has 3 aromatic rings. The number of hydrogen-bond donors (Lipinski definition) is 2. The number of nitrogens with zero attached hydrogens (tertiary/aromatic N) is 3. The second kappa shape index (κ2) is 4.36. The van der Waals surface area contributed by atoms with Gasteiger partial charge in [0.05, 0.1) is 17.7 Å². The van der Waals surface area contributed by atoms with Crippen molar-refractivity contribution in [3.05, 3.63) is 35.8 Å². The number of H-pyrrole nitrogens is 1. The molecule has 0 aliphatic heterocycles. The number of rotatable bonds is 3. The fraction of sp³-hybridized carbons (Fsp3) is 0.167. The summed E-state index contributed by atoms with van der Waals surface area (Å²) in [7, 11) is 1.58. The van der Waals surface area contributed by atoms with Crippen molar-refractivity contribution >= 4 is 16.9 Å². The van der Waals surface area contributed by atoms with Gasteiger partial charge in [-0.05, 0) is 24.3 Å². The Balaban J connectivity index is 2.21. The lowest BCUT2D eigenvalue weighted by Crippen LogP contribution is -1.99. The van der Waals surface area contributed by atoms with Gasteiger partial charge in [-0.15, -0.1) is 0 Å². The number of hydrogen-bond acceptors (Lipinski definition) is 4. The van der Waals surface area contributed by atoms with Crippen LogP contribution in [0.4, 0.5) is 10.2 Å². The molecule has 0 saturated heterocycles. The van der Waals surface area contributed by atoms with Crippen LogP contribution in [0.25, 0.3) is 16.7 Å². The average Bonchev–Trinajstić information content (AvgIpc) is 2.94. The van der Waals surface area contributed by atoms with Gasteiger partial charge in [-0.2, -0.15) is 10.2 Å². The number of halogens is 1. The Morgan fingerprint density at radius 2 is 2.11 bits per heavy atom. The molecular weight excluding hydrogens is 249 g/mol. The van der Waals surface area contributed by atoms with Crippen molar-refractivity contribution in [1.82, 2.24) is 20.0 Å². The summed E-state index contributed by atoms with van der Waals surface area (Å²) in [6.45, 7) is 0.328. The van der Waals surface area contributed by atoms with E-state index in [-0.39, 0.29) is 5.82 Å². The minimum absolute atomic E-state index is 0.300. The van der Waals surface area contributed by atoms with Gasteiger partial charge < -0.3 is 10.5 Å². The summed E-state index contributed by atoms with van der Waals surface area (Å²) in [5.41, 5.74) is 7.83. The quantitative estimate of drug-likeness (QED) is 0.750. The zero-order valence-electron chi connectivity index (χ0n) is 10.2. The van der Waals surface area contributed by atoms with Crippen LogP contribution in [0.5, 0.6) is 0 Å². The molecule has 2 aromatic heterocycles. The zero-order valence-corrected chi connectivity index (χ0v) is 10.2. The van der Waals surface area contributed by atoms with Crippen LogP contribution < -0.4 is 5.73 Å². The fourth-order valence-electron chi connectivity index (χ4n) is 2.00. The van der Waals surface area contributed by atoms with E-state index < -0.39 is 0 Å². The van der Waals surface area contributed by atoms with Gasteiger partial charge in [0.15, 0.2) is 5.65 Å². The molecule has 19 heavy (non-hydrogen) atoms. The number of nitrogens with one attached hydrogen (secondary N) is 1. The minimum Gasteiger partial charge on any atom is -0.383 e. The highest BCUT2D eigenvalue weighted by molar-refractivity contribution is 5.89. The molecule has 1 aromatic carbocycles. The molecule has 7 heteroatoms. The van der Waals surface area contributed by atoms with Crippen molar-refractivity contribution in [2.45, 2.75) is 6.61 Å². The second-order valence-electron chi connectivity index (χ2n) is 4.10. The molecule has 0 spiro atoms. The van der Waals surface area contributed by atoms with Gasteiger partial charge in [0, 0.05) is 7.11 Å². The summed E-state index contributed by atoms with van der Waals surface area (Å²) in [5.74, 6) is 0.140. The lowest BCUT2D eigenvalue weighted by Gasteiger charge is -2.01. The molecule has 0 aliphatic carbocycles. The minimum atomic E-state index is -0.300. The number of fused-ring (bicyclic) bond motifs is 1. The number of methoxy groups -OCH3 is 1. The first-order valence-electron chi connectivity index (χ1n) is 5.67. The average molecular weight is 261 g/mol. The maximum atomic E-state index is 13.0. The molecule has 0 atom stereocenters. The second-order valence-corrected chi connectivity index (χ2v) is 4.10. The highest BCUT2D eigenvalue weighted by Crippen LogP contribution is 2.25. The van der Waals surface area contributed by atoms with E-state index in [9.17, 15) is 4.39 Å². The Kier molecular flexibility index (Phi) is 2.68. The number of aromatic amines is 1. The third-order valence-electron chi connectivity index (χ3n) is 2.84. The van der Waals surface area contributed by atoms with Gasteiger partial charge in [-0.25, -0.2) is 9.07 Å². The molecule has 0 fully saturated rings. The third kappa shape index (κ3) is 1.84. The monoisotopic (exact) mass is 261 g/mol. The van der Waals surface area contributed by atoms with Crippen molar-refractivity contribution < 1.29 is 9.13 Å². The molecule has 98 valence electrons. The van der Waals surface area contributed by atoms with Gasteiger partial charge in [-0.3, -0.25) is 5.10 Å². The molecule has 0 radical (unpaired) electrons. The van der Waals surface area contributed by atoms with Crippen LogP contribution in [0, 0.1) is 5.82 Å². The van der Waals surface area contributed by atoms with E-state index in [4.69, 9.17) is 10.5 Å². The molecule has 2 heterocycles. The zero-order chi connectivity index (χ0) is 13.4. The summed E-state index contributed by atoms with van der Waals surface area (Å²) in [4.78, 5) is 0. The molecule has 0 amide bonds. The van der Waals surface area contributed by atoms with E-state index in [0.29, 0.717) is 29.5 Å². The van der Waals surface area contributed by atoms with Gasteiger partial charge in [0.25, 0.3) is 0 Å². The summed E-state index contributed by atoms with van der Waals surface area (Å²) in [5, 5.41) is 12.0. The van der Waals surface area contributed by atoms with Crippen molar-refractivity contribution in [3.8, 4) is 5.69 Å². The van der Waals surface area contributed by atoms with Crippen LogP contribution >= 0.6 is 0 Å². The highest BCUT2D eigenvalue weighted by atomic mass is 19.1. The third-order valence-corrected chi connectivity index (χ3v) is 2.84. The Morgan fingerprint density at radius 1 is 1.37 bits per heavy atom. The predicted molar refractivity (Wildman–Crippen MR) is 68.3 cm³/mol. The molecule has 0 saturated carbocycles. The summed E-state index contributed by atoms with van der Waals surface area (Å²) in [6.07, 6.45) is 0. The number of nitrogen functional groups attached to an aromatic ring is 1. The molecule has 0 aliphatic rings. The normalized spacial score (nSPS) is 11.3. The molecular formula is C12H12FN5O. The summed E-state index contributed by atoms with van der Waals surface area (Å²) in [6, 6.07) is 6.00. The van der Waals surface area contributed by atoms with E-state index in [1.165, 1.54) is 12.1 Å². The van der Waals surface area contributed by atoms with E-state index in [2.05, 4.69) is 15.3 Å². The van der Waals surface area contributed by atoms with Gasteiger partial charge in [0.2, 0.25) is 0 Å². The Morgan fingerprint density at radius 3 is 2.79 bits per heavy atom. The van der Waals surface area contributed by atoms with E-state index >= 15 is 0 Å². The van der Waals surface area contributed by atoms with E-state index in [0.717, 1.165) is 5.39 Å². The predicted octanol–water partition coefficient (Wildman–Crippen LogP) is 1.62. The standard InChI is InChI=1S/C12H12FN5O/c1-19-6-9-10-11(14)15-16-12(10)18(17-9)8-4-2-7(13)3-5-8/h2-5H,6H2,1H3,(H3,14,15,16). The van der Waals surface area contributed by atoms with Crippen LogP contribution in [-0.2, 0) is 11.3 Å². The maximum absolute atomic E-state index is 13.0. The first-order valence-corrected chi connectivity index (χ1v) is 5.67. The largest absolute Gasteiger partial charge is 0.383 e. The Bertz CT molecular complexity index is 716. The first kappa shape index (κ1) is 11.7. The number of ether oxygens (including phenoxy) is 1. The van der Waals surface area contributed by atoms with Crippen LogP contribution in [0.3, 0.4) is 0 Å². The maximum Gasteiger partial charge on any atom is 0.186 e. The molecule has 3 N–H and O–H groups in total. The highest BCUT2D eigenvalue weighted by Gasteiger charge is 2.17. The van der Waals surface area contributed by atoms with Crippen LogP contribution in [0.1, 0.15) is 5.69 Å². The van der Waals surface area contributed by atoms with Crippen molar-refractivity contribution in [2.75, 3.05) is 12.8 Å². The van der Waals surface area contributed by atoms with Gasteiger partial charge in [-0.1, -0.05) is 0 Å².